The number of carbonyl (C=O) groups is 1. The van der Waals surface area contributed by atoms with Crippen molar-refractivity contribution in [3.63, 3.8) is 0 Å². The van der Waals surface area contributed by atoms with Gasteiger partial charge in [-0.25, -0.2) is 9.97 Å². The zero-order chi connectivity index (χ0) is 18.5. The lowest BCUT2D eigenvalue weighted by atomic mass is 10.1. The molecule has 0 aliphatic carbocycles. The first-order valence-electron chi connectivity index (χ1n) is 7.93. The molecule has 1 atom stereocenters. The highest BCUT2D eigenvalue weighted by Crippen LogP contribution is 2.26. The number of amides is 1. The van der Waals surface area contributed by atoms with Crippen molar-refractivity contribution in [2.75, 3.05) is 10.6 Å². The predicted octanol–water partition coefficient (Wildman–Crippen LogP) is 5.21. The van der Waals surface area contributed by atoms with Crippen molar-refractivity contribution in [1.29, 1.82) is 0 Å². The number of nitrogens with one attached hydrogen (secondary N) is 2. The van der Waals surface area contributed by atoms with Gasteiger partial charge in [0.1, 0.15) is 17.8 Å². The van der Waals surface area contributed by atoms with E-state index in [9.17, 15) is 4.79 Å². The standard InChI is InChI=1S/C19H16Cl2N4O/c1-12(13-5-3-2-4-6-13)24-18-10-17(22-11-23-18)19(26)25-16-8-7-14(20)9-15(16)21/h2-12H,1H3,(H,25,26)(H,22,23,24). The molecule has 3 aromatic rings. The maximum absolute atomic E-state index is 12.4. The predicted molar refractivity (Wildman–Crippen MR) is 105 cm³/mol. The molecular formula is C19H16Cl2N4O. The van der Waals surface area contributed by atoms with Crippen LogP contribution in [0.25, 0.3) is 0 Å². The third-order valence-corrected chi connectivity index (χ3v) is 4.29. The number of benzene rings is 2. The van der Waals surface area contributed by atoms with Crippen LogP contribution >= 0.6 is 23.2 Å². The number of carbonyl (C=O) groups excluding carboxylic acids is 1. The molecule has 2 N–H and O–H groups in total. The van der Waals surface area contributed by atoms with Crippen molar-refractivity contribution in [3.05, 3.63) is 82.2 Å². The SMILES string of the molecule is CC(Nc1cc(C(=O)Nc2ccc(Cl)cc2Cl)ncn1)c1ccccc1. The third kappa shape index (κ3) is 4.50. The average molecular weight is 387 g/mol. The molecule has 0 aliphatic heterocycles. The molecule has 132 valence electrons. The molecular weight excluding hydrogens is 371 g/mol. The van der Waals surface area contributed by atoms with Gasteiger partial charge in [-0.1, -0.05) is 53.5 Å². The van der Waals surface area contributed by atoms with E-state index in [1.807, 2.05) is 37.3 Å². The quantitative estimate of drug-likeness (QED) is 0.631. The third-order valence-electron chi connectivity index (χ3n) is 3.74. The minimum Gasteiger partial charge on any atom is -0.363 e. The minimum absolute atomic E-state index is 0.0349. The maximum Gasteiger partial charge on any atom is 0.274 e. The van der Waals surface area contributed by atoms with Crippen molar-refractivity contribution < 1.29 is 4.79 Å². The fourth-order valence-electron chi connectivity index (χ4n) is 2.38. The Hall–Kier alpha value is -2.63. The van der Waals surface area contributed by atoms with Gasteiger partial charge in [-0.15, -0.1) is 0 Å². The van der Waals surface area contributed by atoms with Gasteiger partial charge < -0.3 is 10.6 Å². The molecule has 1 heterocycles. The molecule has 1 amide bonds. The van der Waals surface area contributed by atoms with Crippen molar-refractivity contribution in [2.45, 2.75) is 13.0 Å². The van der Waals surface area contributed by atoms with Gasteiger partial charge in [-0.2, -0.15) is 0 Å². The van der Waals surface area contributed by atoms with Gasteiger partial charge in [0.25, 0.3) is 5.91 Å². The van der Waals surface area contributed by atoms with Crippen molar-refractivity contribution in [3.8, 4) is 0 Å². The zero-order valence-electron chi connectivity index (χ0n) is 13.9. The molecule has 0 aliphatic rings. The lowest BCUT2D eigenvalue weighted by molar-refractivity contribution is 0.102. The molecule has 0 spiro atoms. The van der Waals surface area contributed by atoms with Gasteiger partial charge in [0.2, 0.25) is 0 Å². The Morgan fingerprint density at radius 3 is 2.54 bits per heavy atom. The highest BCUT2D eigenvalue weighted by molar-refractivity contribution is 6.36. The smallest absolute Gasteiger partial charge is 0.274 e. The molecule has 1 aromatic heterocycles. The topological polar surface area (TPSA) is 66.9 Å². The fraction of sp³-hybridized carbons (Fsp3) is 0.105. The summed E-state index contributed by atoms with van der Waals surface area (Å²) in [5, 5.41) is 6.83. The van der Waals surface area contributed by atoms with Crippen LogP contribution in [0.4, 0.5) is 11.5 Å². The number of rotatable bonds is 5. The second kappa shape index (κ2) is 8.17. The second-order valence-electron chi connectivity index (χ2n) is 5.64. The van der Waals surface area contributed by atoms with Crippen LogP contribution in [0.3, 0.4) is 0 Å². The molecule has 3 rings (SSSR count). The van der Waals surface area contributed by atoms with E-state index in [1.54, 1.807) is 24.3 Å². The molecule has 0 radical (unpaired) electrons. The van der Waals surface area contributed by atoms with Crippen LogP contribution in [0.2, 0.25) is 10.0 Å². The van der Waals surface area contributed by atoms with Gasteiger partial charge in [0, 0.05) is 17.1 Å². The Morgan fingerprint density at radius 2 is 1.81 bits per heavy atom. The van der Waals surface area contributed by atoms with Gasteiger partial charge >= 0.3 is 0 Å². The molecule has 7 heteroatoms. The van der Waals surface area contributed by atoms with Gasteiger partial charge in [-0.05, 0) is 30.7 Å². The summed E-state index contributed by atoms with van der Waals surface area (Å²) in [4.78, 5) is 20.6. The summed E-state index contributed by atoms with van der Waals surface area (Å²) in [6.07, 6.45) is 1.35. The van der Waals surface area contributed by atoms with E-state index in [1.165, 1.54) is 6.33 Å². The summed E-state index contributed by atoms with van der Waals surface area (Å²) in [5.41, 5.74) is 1.81. The largest absolute Gasteiger partial charge is 0.363 e. The highest BCUT2D eigenvalue weighted by atomic mass is 35.5. The molecule has 0 bridgehead atoms. The van der Waals surface area contributed by atoms with Crippen LogP contribution in [-0.4, -0.2) is 15.9 Å². The molecule has 2 aromatic carbocycles. The second-order valence-corrected chi connectivity index (χ2v) is 6.49. The fourth-order valence-corrected chi connectivity index (χ4v) is 2.84. The van der Waals surface area contributed by atoms with E-state index in [-0.39, 0.29) is 17.6 Å². The first-order valence-corrected chi connectivity index (χ1v) is 8.68. The Balaban J connectivity index is 1.73. The summed E-state index contributed by atoms with van der Waals surface area (Å²) >= 11 is 11.9. The van der Waals surface area contributed by atoms with E-state index in [0.29, 0.717) is 21.6 Å². The Labute approximate surface area is 161 Å². The number of hydrogen-bond acceptors (Lipinski definition) is 4. The minimum atomic E-state index is -0.382. The van der Waals surface area contributed by atoms with E-state index in [0.717, 1.165) is 5.56 Å². The highest BCUT2D eigenvalue weighted by Gasteiger charge is 2.13. The molecule has 1 unspecified atom stereocenters. The number of anilines is 2. The molecule has 26 heavy (non-hydrogen) atoms. The van der Waals surface area contributed by atoms with Crippen molar-refractivity contribution in [1.82, 2.24) is 9.97 Å². The monoisotopic (exact) mass is 386 g/mol. The van der Waals surface area contributed by atoms with Gasteiger partial charge in [0.15, 0.2) is 0 Å². The van der Waals surface area contributed by atoms with E-state index in [2.05, 4.69) is 20.6 Å². The lowest BCUT2D eigenvalue weighted by Crippen LogP contribution is -2.15. The first-order chi connectivity index (χ1) is 12.5. The van der Waals surface area contributed by atoms with Gasteiger partial charge in [-0.3, -0.25) is 4.79 Å². The van der Waals surface area contributed by atoms with Crippen LogP contribution in [0.15, 0.2) is 60.9 Å². The number of halogens is 2. The normalized spacial score (nSPS) is 11.7. The summed E-state index contributed by atoms with van der Waals surface area (Å²) in [5.74, 6) is 0.177. The lowest BCUT2D eigenvalue weighted by Gasteiger charge is -2.15. The van der Waals surface area contributed by atoms with Crippen LogP contribution in [-0.2, 0) is 0 Å². The van der Waals surface area contributed by atoms with Crippen LogP contribution in [0.5, 0.6) is 0 Å². The molecule has 0 saturated carbocycles. The number of hydrogen-bond donors (Lipinski definition) is 2. The molecule has 5 nitrogen and oxygen atoms in total. The van der Waals surface area contributed by atoms with E-state index in [4.69, 9.17) is 23.2 Å². The van der Waals surface area contributed by atoms with E-state index < -0.39 is 0 Å². The van der Waals surface area contributed by atoms with Crippen LogP contribution < -0.4 is 10.6 Å². The number of aromatic nitrogens is 2. The Morgan fingerprint density at radius 1 is 1.04 bits per heavy atom. The van der Waals surface area contributed by atoms with E-state index >= 15 is 0 Å². The number of nitrogens with zero attached hydrogens (tertiary/aromatic N) is 2. The maximum atomic E-state index is 12.4. The first kappa shape index (κ1) is 18.2. The zero-order valence-corrected chi connectivity index (χ0v) is 15.4. The summed E-state index contributed by atoms with van der Waals surface area (Å²) in [6, 6.07) is 16.4. The van der Waals surface area contributed by atoms with Crippen molar-refractivity contribution in [2.24, 2.45) is 0 Å². The summed E-state index contributed by atoms with van der Waals surface area (Å²) in [6.45, 7) is 2.02. The summed E-state index contributed by atoms with van der Waals surface area (Å²) < 4.78 is 0. The molecule has 0 fully saturated rings. The Kier molecular flexibility index (Phi) is 5.71. The van der Waals surface area contributed by atoms with Crippen LogP contribution in [0.1, 0.15) is 29.0 Å². The van der Waals surface area contributed by atoms with Gasteiger partial charge in [0.05, 0.1) is 10.7 Å². The average Bonchev–Trinajstić information content (AvgIpc) is 2.65. The van der Waals surface area contributed by atoms with Crippen LogP contribution in [0, 0.1) is 0 Å². The molecule has 0 saturated heterocycles. The Bertz CT molecular complexity index is 918. The summed E-state index contributed by atoms with van der Waals surface area (Å²) in [7, 11) is 0. The van der Waals surface area contributed by atoms with Crippen molar-refractivity contribution >= 4 is 40.6 Å².